The van der Waals surface area contributed by atoms with Gasteiger partial charge in [0.05, 0.1) is 12.6 Å². The molecule has 0 spiro atoms. The highest BCUT2D eigenvalue weighted by Crippen LogP contribution is 2.25. The van der Waals surface area contributed by atoms with E-state index in [9.17, 15) is 4.79 Å². The number of oxazole rings is 1. The number of hydrogen-bond acceptors (Lipinski definition) is 4. The number of aromatic nitrogens is 3. The number of rotatable bonds is 4. The fourth-order valence-electron chi connectivity index (χ4n) is 2.08. The molecule has 2 heterocycles. The number of aryl methyl sites for hydroxylation is 1. The van der Waals surface area contributed by atoms with Gasteiger partial charge in [-0.25, -0.2) is 4.98 Å². The zero-order chi connectivity index (χ0) is 14.8. The summed E-state index contributed by atoms with van der Waals surface area (Å²) in [6, 6.07) is 7.33. The van der Waals surface area contributed by atoms with Crippen molar-refractivity contribution in [2.45, 2.75) is 6.42 Å². The molecule has 0 saturated carbocycles. The van der Waals surface area contributed by atoms with Gasteiger partial charge < -0.3 is 9.52 Å². The van der Waals surface area contributed by atoms with Gasteiger partial charge in [0.25, 0.3) is 0 Å². The Labute approximate surface area is 120 Å². The minimum Gasteiger partial charge on any atom is -0.481 e. The zero-order valence-corrected chi connectivity index (χ0v) is 11.4. The Morgan fingerprint density at radius 3 is 2.90 bits per heavy atom. The second-order valence-corrected chi connectivity index (χ2v) is 4.67. The molecule has 6 heteroatoms. The van der Waals surface area contributed by atoms with Gasteiger partial charge in [-0.15, -0.1) is 0 Å². The summed E-state index contributed by atoms with van der Waals surface area (Å²) in [6.45, 7) is 0. The molecule has 0 unspecified atom stereocenters. The lowest BCUT2D eigenvalue weighted by Gasteiger charge is -1.98. The summed E-state index contributed by atoms with van der Waals surface area (Å²) in [7, 11) is 1.80. The van der Waals surface area contributed by atoms with Crippen molar-refractivity contribution in [1.29, 1.82) is 0 Å². The first-order chi connectivity index (χ1) is 10.1. The summed E-state index contributed by atoms with van der Waals surface area (Å²) >= 11 is 0. The molecule has 1 aromatic carbocycles. The van der Waals surface area contributed by atoms with Crippen LogP contribution in [0.1, 0.15) is 17.9 Å². The SMILES string of the molecule is Cn1cc(C=C(CC(=O)O)c2nc3ccccc3o2)cn1. The van der Waals surface area contributed by atoms with Crippen LogP contribution in [0.4, 0.5) is 0 Å². The fourth-order valence-corrected chi connectivity index (χ4v) is 2.08. The van der Waals surface area contributed by atoms with E-state index in [2.05, 4.69) is 10.1 Å². The molecule has 21 heavy (non-hydrogen) atoms. The van der Waals surface area contributed by atoms with Gasteiger partial charge in [-0.05, 0) is 18.2 Å². The molecule has 1 N–H and O–H groups in total. The number of para-hydroxylation sites is 2. The van der Waals surface area contributed by atoms with Crippen LogP contribution in [0, 0.1) is 0 Å². The average Bonchev–Trinajstić information content (AvgIpc) is 3.03. The minimum absolute atomic E-state index is 0.165. The molecule has 3 aromatic rings. The first kappa shape index (κ1) is 13.1. The predicted octanol–water partition coefficient (Wildman–Crippen LogP) is 2.58. The van der Waals surface area contributed by atoms with Crippen molar-refractivity contribution >= 4 is 28.7 Å². The van der Waals surface area contributed by atoms with Gasteiger partial charge in [0.15, 0.2) is 5.58 Å². The Morgan fingerprint density at radius 2 is 2.24 bits per heavy atom. The van der Waals surface area contributed by atoms with E-state index in [0.29, 0.717) is 22.6 Å². The maximum Gasteiger partial charge on any atom is 0.308 e. The van der Waals surface area contributed by atoms with Crippen molar-refractivity contribution in [2.24, 2.45) is 7.05 Å². The summed E-state index contributed by atoms with van der Waals surface area (Å²) in [5.74, 6) is -0.616. The normalized spacial score (nSPS) is 12.0. The smallest absolute Gasteiger partial charge is 0.308 e. The van der Waals surface area contributed by atoms with Crippen molar-refractivity contribution in [1.82, 2.24) is 14.8 Å². The Balaban J connectivity index is 2.06. The van der Waals surface area contributed by atoms with Crippen LogP contribution in [0.2, 0.25) is 0 Å². The number of benzene rings is 1. The van der Waals surface area contributed by atoms with Gasteiger partial charge in [0, 0.05) is 24.4 Å². The molecule has 0 fully saturated rings. The number of hydrogen-bond donors (Lipinski definition) is 1. The van der Waals surface area contributed by atoms with Crippen molar-refractivity contribution < 1.29 is 14.3 Å². The standard InChI is InChI=1S/C15H13N3O3/c1-18-9-10(8-16-18)6-11(7-14(19)20)15-17-12-4-2-3-5-13(12)21-15/h2-6,8-9H,7H2,1H3,(H,19,20). The van der Waals surface area contributed by atoms with Crippen LogP contribution in [0.3, 0.4) is 0 Å². The summed E-state index contributed by atoms with van der Waals surface area (Å²) in [6.07, 6.45) is 5.02. The molecule has 6 nitrogen and oxygen atoms in total. The molecule has 0 bridgehead atoms. The van der Waals surface area contributed by atoms with E-state index in [0.717, 1.165) is 5.56 Å². The maximum atomic E-state index is 11.1. The number of nitrogens with zero attached hydrogens (tertiary/aromatic N) is 3. The first-order valence-corrected chi connectivity index (χ1v) is 6.39. The number of carboxylic acids is 1. The third-order valence-electron chi connectivity index (χ3n) is 2.98. The largest absolute Gasteiger partial charge is 0.481 e. The Kier molecular flexibility index (Phi) is 3.27. The van der Waals surface area contributed by atoms with E-state index in [4.69, 9.17) is 9.52 Å². The van der Waals surface area contributed by atoms with Gasteiger partial charge >= 0.3 is 5.97 Å². The molecular formula is C15H13N3O3. The van der Waals surface area contributed by atoms with Crippen molar-refractivity contribution in [3.05, 3.63) is 48.1 Å². The molecule has 0 aliphatic carbocycles. The van der Waals surface area contributed by atoms with Crippen LogP contribution in [-0.2, 0) is 11.8 Å². The highest BCUT2D eigenvalue weighted by Gasteiger charge is 2.14. The summed E-state index contributed by atoms with van der Waals surface area (Å²) in [5.41, 5.74) is 2.65. The van der Waals surface area contributed by atoms with E-state index in [-0.39, 0.29) is 6.42 Å². The lowest BCUT2D eigenvalue weighted by Crippen LogP contribution is -1.97. The molecule has 106 valence electrons. The Bertz CT molecular complexity index is 796. The van der Waals surface area contributed by atoms with Gasteiger partial charge in [0.1, 0.15) is 5.52 Å². The molecule has 0 atom stereocenters. The molecule has 0 radical (unpaired) electrons. The Morgan fingerprint density at radius 1 is 1.43 bits per heavy atom. The second kappa shape index (κ2) is 5.24. The summed E-state index contributed by atoms with van der Waals surface area (Å²) in [4.78, 5) is 15.4. The van der Waals surface area contributed by atoms with Crippen LogP contribution >= 0.6 is 0 Å². The monoisotopic (exact) mass is 283 g/mol. The molecular weight excluding hydrogens is 270 g/mol. The highest BCUT2D eigenvalue weighted by molar-refractivity contribution is 5.90. The molecule has 0 aliphatic rings. The molecule has 2 aromatic heterocycles. The van der Waals surface area contributed by atoms with Crippen molar-refractivity contribution in [3.63, 3.8) is 0 Å². The van der Waals surface area contributed by atoms with E-state index < -0.39 is 5.97 Å². The topological polar surface area (TPSA) is 81.2 Å². The van der Waals surface area contributed by atoms with Crippen molar-refractivity contribution in [3.8, 4) is 0 Å². The number of aliphatic carboxylic acids is 1. The highest BCUT2D eigenvalue weighted by atomic mass is 16.4. The van der Waals surface area contributed by atoms with Gasteiger partial charge in [-0.3, -0.25) is 9.48 Å². The van der Waals surface area contributed by atoms with E-state index in [1.165, 1.54) is 0 Å². The van der Waals surface area contributed by atoms with Crippen LogP contribution < -0.4 is 0 Å². The summed E-state index contributed by atoms with van der Waals surface area (Å²) in [5, 5.41) is 13.1. The number of carboxylic acid groups (broad SMARTS) is 1. The van der Waals surface area contributed by atoms with E-state index in [1.807, 2.05) is 18.2 Å². The van der Waals surface area contributed by atoms with Crippen LogP contribution in [0.5, 0.6) is 0 Å². The lowest BCUT2D eigenvalue weighted by molar-refractivity contribution is -0.135. The molecule has 0 amide bonds. The third kappa shape index (κ3) is 2.84. The molecule has 0 aliphatic heterocycles. The summed E-state index contributed by atoms with van der Waals surface area (Å²) < 4.78 is 7.29. The molecule has 3 rings (SSSR count). The van der Waals surface area contributed by atoms with Gasteiger partial charge in [0.2, 0.25) is 5.89 Å². The second-order valence-electron chi connectivity index (χ2n) is 4.67. The Hall–Kier alpha value is -2.89. The first-order valence-electron chi connectivity index (χ1n) is 6.39. The number of carbonyl (C=O) groups is 1. The zero-order valence-electron chi connectivity index (χ0n) is 11.4. The third-order valence-corrected chi connectivity index (χ3v) is 2.98. The van der Waals surface area contributed by atoms with Crippen molar-refractivity contribution in [2.75, 3.05) is 0 Å². The van der Waals surface area contributed by atoms with Crippen LogP contribution in [0.15, 0.2) is 41.1 Å². The van der Waals surface area contributed by atoms with Gasteiger partial charge in [-0.2, -0.15) is 5.10 Å². The predicted molar refractivity (Wildman–Crippen MR) is 77.3 cm³/mol. The van der Waals surface area contributed by atoms with Gasteiger partial charge in [-0.1, -0.05) is 12.1 Å². The minimum atomic E-state index is -0.938. The lowest BCUT2D eigenvalue weighted by atomic mass is 10.1. The maximum absolute atomic E-state index is 11.1. The van der Waals surface area contributed by atoms with E-state index in [1.54, 1.807) is 36.3 Å². The van der Waals surface area contributed by atoms with Crippen LogP contribution in [-0.4, -0.2) is 25.8 Å². The van der Waals surface area contributed by atoms with E-state index >= 15 is 0 Å². The fraction of sp³-hybridized carbons (Fsp3) is 0.133. The quantitative estimate of drug-likeness (QED) is 0.795. The number of fused-ring (bicyclic) bond motifs is 1. The molecule has 0 saturated heterocycles. The average molecular weight is 283 g/mol. The van der Waals surface area contributed by atoms with Crippen LogP contribution in [0.25, 0.3) is 22.7 Å².